The van der Waals surface area contributed by atoms with Gasteiger partial charge in [0.05, 0.1) is 11.9 Å². The molecule has 0 saturated carbocycles. The molecule has 0 aliphatic heterocycles. The second-order valence-corrected chi connectivity index (χ2v) is 6.36. The summed E-state index contributed by atoms with van der Waals surface area (Å²) in [7, 11) is 1.71. The van der Waals surface area contributed by atoms with Crippen molar-refractivity contribution in [3.63, 3.8) is 0 Å². The molecule has 122 valence electrons. The van der Waals surface area contributed by atoms with Crippen molar-refractivity contribution in [3.8, 4) is 11.3 Å². The molecular weight excluding hydrogens is 321 g/mol. The van der Waals surface area contributed by atoms with Crippen LogP contribution >= 0.6 is 11.3 Å². The molecule has 2 aromatic carbocycles. The maximum atomic E-state index is 14.2. The maximum Gasteiger partial charge on any atom is 0.205 e. The van der Waals surface area contributed by atoms with Gasteiger partial charge in [-0.25, -0.2) is 9.07 Å². The first kappa shape index (κ1) is 16.3. The van der Waals surface area contributed by atoms with Gasteiger partial charge in [-0.1, -0.05) is 35.9 Å². The Labute approximate surface area is 144 Å². The Bertz CT molecular complexity index is 967. The second kappa shape index (κ2) is 6.93. The van der Waals surface area contributed by atoms with Crippen molar-refractivity contribution in [2.24, 2.45) is 10.1 Å². The van der Waals surface area contributed by atoms with Gasteiger partial charge in [-0.3, -0.25) is 4.99 Å². The summed E-state index contributed by atoms with van der Waals surface area (Å²) in [6.45, 7) is 4.09. The number of hydrogen-bond acceptors (Lipinski definition) is 3. The summed E-state index contributed by atoms with van der Waals surface area (Å²) in [4.78, 5) is 4.96. The summed E-state index contributed by atoms with van der Waals surface area (Å²) in [6.07, 6.45) is 1.80. The van der Waals surface area contributed by atoms with Gasteiger partial charge in [0.15, 0.2) is 0 Å². The first-order valence-electron chi connectivity index (χ1n) is 7.60. The van der Waals surface area contributed by atoms with E-state index in [-0.39, 0.29) is 5.82 Å². The molecule has 0 amide bonds. The van der Waals surface area contributed by atoms with E-state index in [4.69, 9.17) is 0 Å². The Hall–Kier alpha value is -2.53. The lowest BCUT2D eigenvalue weighted by molar-refractivity contribution is 0.629. The molecule has 1 heterocycles. The third kappa shape index (κ3) is 3.21. The minimum Gasteiger partial charge on any atom is -0.261 e. The van der Waals surface area contributed by atoms with E-state index in [1.165, 1.54) is 23.0 Å². The summed E-state index contributed by atoms with van der Waals surface area (Å²) in [5.41, 5.74) is 4.56. The van der Waals surface area contributed by atoms with E-state index in [9.17, 15) is 4.39 Å². The van der Waals surface area contributed by atoms with E-state index in [0.717, 1.165) is 15.9 Å². The minimum atomic E-state index is -0.270. The van der Waals surface area contributed by atoms with Crippen LogP contribution in [0.5, 0.6) is 0 Å². The van der Waals surface area contributed by atoms with E-state index in [1.807, 2.05) is 25.3 Å². The molecular formula is C19H18FN3S. The van der Waals surface area contributed by atoms with Gasteiger partial charge < -0.3 is 0 Å². The number of rotatable bonds is 3. The third-order valence-corrected chi connectivity index (χ3v) is 4.68. The quantitative estimate of drug-likeness (QED) is 0.634. The molecule has 3 nitrogen and oxygen atoms in total. The minimum absolute atomic E-state index is 0.270. The summed E-state index contributed by atoms with van der Waals surface area (Å²) >= 11 is 1.44. The van der Waals surface area contributed by atoms with Crippen LogP contribution in [0, 0.1) is 19.7 Å². The molecule has 24 heavy (non-hydrogen) atoms. The molecule has 0 spiro atoms. The lowest BCUT2D eigenvalue weighted by atomic mass is 10.1. The Morgan fingerprint density at radius 2 is 1.92 bits per heavy atom. The fourth-order valence-electron chi connectivity index (χ4n) is 2.44. The standard InChI is InChI=1S/C19H18FN3S/c1-13-8-9-14(2)15(10-13)11-22-23-18(12-24-19(23)21-3)16-6-4-5-7-17(16)20/h4-12H,1-3H3. The molecule has 0 bridgehead atoms. The van der Waals surface area contributed by atoms with Gasteiger partial charge in [0.2, 0.25) is 4.80 Å². The van der Waals surface area contributed by atoms with Crippen molar-refractivity contribution in [2.45, 2.75) is 13.8 Å². The molecule has 0 aliphatic rings. The first-order chi connectivity index (χ1) is 11.6. The maximum absolute atomic E-state index is 14.2. The van der Waals surface area contributed by atoms with Gasteiger partial charge in [0.1, 0.15) is 5.82 Å². The number of aryl methyl sites for hydroxylation is 2. The topological polar surface area (TPSA) is 29.6 Å². The summed E-state index contributed by atoms with van der Waals surface area (Å²) in [5, 5.41) is 6.44. The molecule has 0 fully saturated rings. The van der Waals surface area contributed by atoms with E-state index >= 15 is 0 Å². The smallest absolute Gasteiger partial charge is 0.205 e. The van der Waals surface area contributed by atoms with Gasteiger partial charge in [-0.15, -0.1) is 11.3 Å². The van der Waals surface area contributed by atoms with Crippen molar-refractivity contribution in [2.75, 3.05) is 7.05 Å². The van der Waals surface area contributed by atoms with Crippen LogP contribution in [-0.2, 0) is 0 Å². The summed E-state index contributed by atoms with van der Waals surface area (Å²) in [5.74, 6) is -0.270. The predicted octanol–water partition coefficient (Wildman–Crippen LogP) is 4.39. The monoisotopic (exact) mass is 339 g/mol. The van der Waals surface area contributed by atoms with Crippen molar-refractivity contribution < 1.29 is 4.39 Å². The van der Waals surface area contributed by atoms with E-state index in [2.05, 4.69) is 28.3 Å². The predicted molar refractivity (Wildman–Crippen MR) is 98.1 cm³/mol. The molecule has 0 aliphatic carbocycles. The van der Waals surface area contributed by atoms with E-state index in [0.29, 0.717) is 11.3 Å². The molecule has 0 unspecified atom stereocenters. The van der Waals surface area contributed by atoms with Crippen molar-refractivity contribution in [1.29, 1.82) is 0 Å². The van der Waals surface area contributed by atoms with Crippen LogP contribution in [0.4, 0.5) is 4.39 Å². The molecule has 0 N–H and O–H groups in total. The van der Waals surface area contributed by atoms with E-state index in [1.54, 1.807) is 30.1 Å². The lowest BCUT2D eigenvalue weighted by Crippen LogP contribution is -2.12. The highest BCUT2D eigenvalue weighted by molar-refractivity contribution is 7.07. The number of aromatic nitrogens is 1. The normalized spacial score (nSPS) is 12.2. The lowest BCUT2D eigenvalue weighted by Gasteiger charge is -2.05. The van der Waals surface area contributed by atoms with Crippen LogP contribution in [0.15, 0.2) is 57.9 Å². The molecule has 3 rings (SSSR count). The van der Waals surface area contributed by atoms with E-state index < -0.39 is 0 Å². The van der Waals surface area contributed by atoms with Crippen LogP contribution in [0.3, 0.4) is 0 Å². The number of thiazole rings is 1. The van der Waals surface area contributed by atoms with Gasteiger partial charge in [-0.2, -0.15) is 5.10 Å². The largest absolute Gasteiger partial charge is 0.261 e. The van der Waals surface area contributed by atoms with Crippen LogP contribution < -0.4 is 4.80 Å². The number of benzene rings is 2. The average Bonchev–Trinajstić information content (AvgIpc) is 2.99. The van der Waals surface area contributed by atoms with Gasteiger partial charge in [0.25, 0.3) is 0 Å². The van der Waals surface area contributed by atoms with Crippen LogP contribution in [0.25, 0.3) is 11.3 Å². The van der Waals surface area contributed by atoms with Crippen LogP contribution in [-0.4, -0.2) is 17.9 Å². The fourth-order valence-corrected chi connectivity index (χ4v) is 3.23. The van der Waals surface area contributed by atoms with Crippen molar-refractivity contribution in [3.05, 3.63) is 75.2 Å². The zero-order valence-electron chi connectivity index (χ0n) is 13.8. The molecule has 0 atom stereocenters. The van der Waals surface area contributed by atoms with Gasteiger partial charge in [0, 0.05) is 18.0 Å². The fraction of sp³-hybridized carbons (Fsp3) is 0.158. The molecule has 3 aromatic rings. The third-order valence-electron chi connectivity index (χ3n) is 3.77. The highest BCUT2D eigenvalue weighted by Gasteiger charge is 2.11. The second-order valence-electron chi connectivity index (χ2n) is 5.52. The molecule has 1 aromatic heterocycles. The summed E-state index contributed by atoms with van der Waals surface area (Å²) in [6, 6.07) is 12.9. The number of nitrogens with zero attached hydrogens (tertiary/aromatic N) is 3. The Morgan fingerprint density at radius 1 is 1.12 bits per heavy atom. The summed E-state index contributed by atoms with van der Waals surface area (Å²) < 4.78 is 15.8. The first-order valence-corrected chi connectivity index (χ1v) is 8.48. The zero-order chi connectivity index (χ0) is 17.1. The number of halogens is 1. The van der Waals surface area contributed by atoms with Gasteiger partial charge >= 0.3 is 0 Å². The van der Waals surface area contributed by atoms with Crippen LogP contribution in [0.1, 0.15) is 16.7 Å². The molecule has 5 heteroatoms. The molecule has 0 radical (unpaired) electrons. The van der Waals surface area contributed by atoms with Crippen LogP contribution in [0.2, 0.25) is 0 Å². The highest BCUT2D eigenvalue weighted by Crippen LogP contribution is 2.23. The molecule has 0 saturated heterocycles. The average molecular weight is 339 g/mol. The highest BCUT2D eigenvalue weighted by atomic mass is 32.1. The Kier molecular flexibility index (Phi) is 4.71. The number of hydrogen-bond donors (Lipinski definition) is 0. The van der Waals surface area contributed by atoms with Crippen molar-refractivity contribution in [1.82, 2.24) is 4.68 Å². The van der Waals surface area contributed by atoms with Gasteiger partial charge in [-0.05, 0) is 37.1 Å². The SMILES string of the molecule is CN=c1scc(-c2ccccc2F)n1N=Cc1cc(C)ccc1C. The zero-order valence-corrected chi connectivity index (χ0v) is 14.6. The Morgan fingerprint density at radius 3 is 2.67 bits per heavy atom. The van der Waals surface area contributed by atoms with Crippen molar-refractivity contribution >= 4 is 17.6 Å². The Balaban J connectivity index is 2.11.